The molecule has 0 aromatic heterocycles. The van der Waals surface area contributed by atoms with E-state index in [1.807, 2.05) is 0 Å². The lowest BCUT2D eigenvalue weighted by Gasteiger charge is -2.62. The second-order valence-electron chi connectivity index (χ2n) is 6.46. The minimum Gasteiger partial charge on any atom is -0.493 e. The van der Waals surface area contributed by atoms with Crippen LogP contribution in [-0.2, 0) is 16.6 Å². The van der Waals surface area contributed by atoms with E-state index in [1.165, 1.54) is 7.11 Å². The number of hydrogen-bond donors (Lipinski definition) is 1. The largest absolute Gasteiger partial charge is 0.493 e. The number of piperidine rings is 1. The zero-order valence-electron chi connectivity index (χ0n) is 21.4. The summed E-state index contributed by atoms with van der Waals surface area (Å²) in [5.74, 6) is -1.32. The Morgan fingerprint density at radius 3 is 3.22 bits per heavy atom. The number of Topliss-reactive ketones (excluding diaryl/α,β-unsaturated/α-hetero) is 1. The molecular formula is C18H21NO4. The van der Waals surface area contributed by atoms with Crippen LogP contribution in [0, 0.1) is 0 Å². The first-order valence-electron chi connectivity index (χ1n) is 12.0. The summed E-state index contributed by atoms with van der Waals surface area (Å²) < 4.78 is 86.1. The number of likely N-dealkylation sites (N-methyl/N-ethyl adjacent to an activating group) is 1. The van der Waals surface area contributed by atoms with Gasteiger partial charge in [0.05, 0.1) is 20.9 Å². The molecule has 2 bridgehead atoms. The van der Waals surface area contributed by atoms with E-state index < -0.39 is 67.2 Å². The minimum atomic E-state index is -2.84. The summed E-state index contributed by atoms with van der Waals surface area (Å²) in [6, 6.07) is -2.85. The fourth-order valence-electron chi connectivity index (χ4n) is 4.63. The number of ketones is 1. The summed E-state index contributed by atoms with van der Waals surface area (Å²) in [5, 5.41) is 12.1. The molecule has 1 saturated carbocycles. The molecule has 1 N–H and O–H groups in total. The number of hydrogen-bond acceptors (Lipinski definition) is 5. The first-order chi connectivity index (χ1) is 14.6. The molecule has 5 heteroatoms. The predicted octanol–water partition coefficient (Wildman–Crippen LogP) is 1.05. The van der Waals surface area contributed by atoms with Crippen molar-refractivity contribution in [2.24, 2.45) is 0 Å². The lowest BCUT2D eigenvalue weighted by atomic mass is 9.49. The SMILES string of the molecule is [2H]c1c([2H])c2c3c(c1OC)OC1C(=O)C([2H])([2H])C[C@@]4(O)[C@H](N(C([2H])([2H])[2H])CC[C@]314)C2([2H])[2H]. The third kappa shape index (κ3) is 1.32. The van der Waals surface area contributed by atoms with E-state index in [0.29, 0.717) is 0 Å². The van der Waals surface area contributed by atoms with Gasteiger partial charge in [0.25, 0.3) is 0 Å². The van der Waals surface area contributed by atoms with E-state index >= 15 is 0 Å². The van der Waals surface area contributed by atoms with Gasteiger partial charge >= 0.3 is 0 Å². The van der Waals surface area contributed by atoms with Gasteiger partial charge in [-0.15, -0.1) is 0 Å². The van der Waals surface area contributed by atoms with E-state index in [-0.39, 0.29) is 35.6 Å². The molecule has 2 fully saturated rings. The summed E-state index contributed by atoms with van der Waals surface area (Å²) in [7, 11) is 1.23. The molecule has 2 heterocycles. The van der Waals surface area contributed by atoms with Crippen LogP contribution in [0.5, 0.6) is 11.5 Å². The average molecular weight is 324 g/mol. The van der Waals surface area contributed by atoms with Gasteiger partial charge in [-0.25, -0.2) is 0 Å². The van der Waals surface area contributed by atoms with Crippen LogP contribution in [-0.4, -0.2) is 54.2 Å². The molecule has 2 aliphatic heterocycles. The van der Waals surface area contributed by atoms with E-state index in [9.17, 15) is 9.90 Å². The maximum absolute atomic E-state index is 13.2. The molecule has 4 aliphatic rings. The van der Waals surface area contributed by atoms with Gasteiger partial charge in [0, 0.05) is 27.6 Å². The van der Waals surface area contributed by atoms with E-state index in [0.717, 1.165) is 4.90 Å². The van der Waals surface area contributed by atoms with Crippen LogP contribution < -0.4 is 9.47 Å². The Hall–Kier alpha value is -1.59. The number of ether oxygens (including phenoxy) is 2. The van der Waals surface area contributed by atoms with Crippen LogP contribution >= 0.6 is 0 Å². The van der Waals surface area contributed by atoms with Gasteiger partial charge in [0.1, 0.15) is 0 Å². The van der Waals surface area contributed by atoms with Crippen molar-refractivity contribution in [2.45, 2.75) is 48.7 Å². The molecule has 1 spiro atoms. The Balaban J connectivity index is 1.96. The van der Waals surface area contributed by atoms with Gasteiger partial charge in [0.2, 0.25) is 0 Å². The molecule has 122 valence electrons. The van der Waals surface area contributed by atoms with Crippen LogP contribution in [0.2, 0.25) is 0 Å². The zero-order valence-corrected chi connectivity index (χ0v) is 12.4. The lowest BCUT2D eigenvalue weighted by Crippen LogP contribution is -2.76. The normalized spacial score (nSPS) is 51.2. The van der Waals surface area contributed by atoms with Crippen molar-refractivity contribution in [1.29, 1.82) is 0 Å². The fraction of sp³-hybridized carbons (Fsp3) is 0.611. The highest BCUT2D eigenvalue weighted by molar-refractivity contribution is 5.90. The molecule has 0 radical (unpaired) electrons. The Bertz CT molecular complexity index is 1070. The molecule has 1 aromatic carbocycles. The minimum absolute atomic E-state index is 0.0122. The first kappa shape index (κ1) is 7.53. The van der Waals surface area contributed by atoms with E-state index in [4.69, 9.17) is 21.8 Å². The molecule has 4 atom stereocenters. The smallest absolute Gasteiger partial charge is 0.174 e. The number of aliphatic hydroxyl groups is 1. The number of carbonyl (C=O) groups is 1. The molecular weight excluding hydrogens is 294 g/mol. The van der Waals surface area contributed by atoms with Gasteiger partial charge in [-0.1, -0.05) is 6.04 Å². The highest BCUT2D eigenvalue weighted by atomic mass is 16.5. The summed E-state index contributed by atoms with van der Waals surface area (Å²) in [4.78, 5) is 14.0. The maximum Gasteiger partial charge on any atom is 0.174 e. The van der Waals surface area contributed by atoms with Gasteiger partial charge in [0.15, 0.2) is 23.4 Å². The van der Waals surface area contributed by atoms with E-state index in [1.54, 1.807) is 0 Å². The molecule has 23 heavy (non-hydrogen) atoms. The van der Waals surface area contributed by atoms with Crippen LogP contribution in [0.4, 0.5) is 0 Å². The number of methoxy groups -OCH3 is 1. The predicted molar refractivity (Wildman–Crippen MR) is 83.0 cm³/mol. The standard InChI is InChI=1S/C18H21NO4/c1-19-8-7-17-14-10-3-4-12(22-2)15(14)23-16(17)11(20)5-6-18(17,21)13(19)9-10/h3-4,13,16,21H,5-9H2,1-2H3/t13-,16?,17+,18-/m1/s1/i1D3,3D,4D,5D2,9D2. The highest BCUT2D eigenvalue weighted by Gasteiger charge is 2.72. The van der Waals surface area contributed by atoms with Crippen molar-refractivity contribution in [3.63, 3.8) is 0 Å². The topological polar surface area (TPSA) is 59.0 Å². The number of nitrogens with zero attached hydrogens (tertiary/aromatic N) is 1. The Labute approximate surface area is 147 Å². The molecule has 5 nitrogen and oxygen atoms in total. The van der Waals surface area contributed by atoms with Crippen LogP contribution in [0.15, 0.2) is 12.1 Å². The van der Waals surface area contributed by atoms with Crippen molar-refractivity contribution >= 4 is 5.78 Å². The van der Waals surface area contributed by atoms with Crippen molar-refractivity contribution in [3.05, 3.63) is 23.2 Å². The van der Waals surface area contributed by atoms with Crippen molar-refractivity contribution in [1.82, 2.24) is 4.90 Å². The lowest BCUT2D eigenvalue weighted by molar-refractivity contribution is -0.185. The van der Waals surface area contributed by atoms with Crippen molar-refractivity contribution in [3.8, 4) is 11.5 Å². The van der Waals surface area contributed by atoms with E-state index in [2.05, 4.69) is 0 Å². The van der Waals surface area contributed by atoms with Gasteiger partial charge < -0.3 is 19.5 Å². The molecule has 2 aliphatic carbocycles. The molecule has 0 amide bonds. The summed E-state index contributed by atoms with van der Waals surface area (Å²) in [6.07, 6.45) is -7.83. The molecule has 1 saturated heterocycles. The van der Waals surface area contributed by atoms with Crippen molar-refractivity contribution in [2.75, 3.05) is 20.6 Å². The molecule has 1 aromatic rings. The van der Waals surface area contributed by atoms with Gasteiger partial charge in [-0.05, 0) is 44.3 Å². The fourth-order valence-corrected chi connectivity index (χ4v) is 4.63. The monoisotopic (exact) mass is 324 g/mol. The number of likely N-dealkylation sites (tertiary alicyclic amines) is 1. The quantitative estimate of drug-likeness (QED) is 0.837. The van der Waals surface area contributed by atoms with Gasteiger partial charge in [-0.3, -0.25) is 4.79 Å². The number of rotatable bonds is 1. The number of benzene rings is 1. The third-order valence-corrected chi connectivity index (χ3v) is 5.65. The number of carbonyl (C=O) groups excluding carboxylic acids is 1. The maximum atomic E-state index is 13.2. The summed E-state index contributed by atoms with van der Waals surface area (Å²) in [5.41, 5.74) is -4.32. The van der Waals surface area contributed by atoms with Crippen molar-refractivity contribution < 1.29 is 31.7 Å². The Kier molecular flexibility index (Phi) is 1.34. The Morgan fingerprint density at radius 1 is 1.57 bits per heavy atom. The van der Waals surface area contributed by atoms with Gasteiger partial charge in [-0.2, -0.15) is 0 Å². The Morgan fingerprint density at radius 2 is 2.43 bits per heavy atom. The summed E-state index contributed by atoms with van der Waals surface area (Å²) >= 11 is 0. The third-order valence-electron chi connectivity index (χ3n) is 5.65. The molecule has 1 unspecified atom stereocenters. The highest BCUT2D eigenvalue weighted by Crippen LogP contribution is 2.64. The zero-order chi connectivity index (χ0) is 23.8. The van der Waals surface area contributed by atoms with Crippen LogP contribution in [0.3, 0.4) is 0 Å². The summed E-state index contributed by atoms with van der Waals surface area (Å²) in [6.45, 7) is -3.05. The second kappa shape index (κ2) is 4.08. The molecule has 5 rings (SSSR count). The first-order valence-corrected chi connectivity index (χ1v) is 7.49. The second-order valence-corrected chi connectivity index (χ2v) is 6.46. The van der Waals surface area contributed by atoms with Crippen LogP contribution in [0.1, 0.15) is 42.7 Å². The van der Waals surface area contributed by atoms with Crippen LogP contribution in [0.25, 0.3) is 0 Å². The average Bonchev–Trinajstić information content (AvgIpc) is 2.96.